The summed E-state index contributed by atoms with van der Waals surface area (Å²) < 4.78 is 0. The first-order chi connectivity index (χ1) is 27.3. The van der Waals surface area contributed by atoms with Crippen LogP contribution in [0.25, 0.3) is 141 Å². The van der Waals surface area contributed by atoms with Crippen molar-refractivity contribution in [1.82, 2.24) is 0 Å². The largest absolute Gasteiger partial charge is 0.0610 e. The van der Waals surface area contributed by atoms with Crippen molar-refractivity contribution in [3.63, 3.8) is 0 Å². The molecule has 0 aliphatic rings. The van der Waals surface area contributed by atoms with Crippen LogP contribution in [-0.2, 0) is 0 Å². The predicted molar refractivity (Wildman–Crippen MR) is 245 cm³/mol. The van der Waals surface area contributed by atoms with E-state index in [1.165, 1.54) is 174 Å². The first-order valence-corrected chi connectivity index (χ1v) is 20.2. The molecule has 0 amide bonds. The molecule has 0 spiro atoms. The van der Waals surface area contributed by atoms with Gasteiger partial charge in [0.1, 0.15) is 0 Å². The quantitative estimate of drug-likeness (QED) is 0.124. The third-order valence-corrected chi connectivity index (χ3v) is 14.3. The molecule has 0 saturated heterocycles. The Kier molecular flexibility index (Phi) is 5.04. The van der Waals surface area contributed by atoms with E-state index < -0.39 is 0 Å². The highest BCUT2D eigenvalue weighted by Crippen LogP contribution is 2.61. The lowest BCUT2D eigenvalue weighted by Crippen LogP contribution is -2.02. The highest BCUT2D eigenvalue weighted by molar-refractivity contribution is 6.59. The van der Waals surface area contributed by atoms with E-state index in [2.05, 4.69) is 151 Å². The van der Waals surface area contributed by atoms with E-state index in [0.29, 0.717) is 0 Å². The van der Waals surface area contributed by atoms with Gasteiger partial charge in [0.05, 0.1) is 0 Å². The van der Waals surface area contributed by atoms with Gasteiger partial charge in [0.2, 0.25) is 0 Å². The van der Waals surface area contributed by atoms with Gasteiger partial charge in [-0.2, -0.15) is 0 Å². The fourth-order valence-electron chi connectivity index (χ4n) is 12.7. The first kappa shape index (κ1) is 29.8. The predicted octanol–water partition coefficient (Wildman–Crippen LogP) is 16.2. The Labute approximate surface area is 323 Å². The van der Waals surface area contributed by atoms with Crippen molar-refractivity contribution in [1.29, 1.82) is 0 Å². The minimum atomic E-state index is 1.32. The molecular formula is C56H36. The molecule has 0 aliphatic carbocycles. The number of benzene rings is 14. The van der Waals surface area contributed by atoms with Crippen molar-refractivity contribution >= 4 is 118 Å². The van der Waals surface area contributed by atoms with Crippen molar-refractivity contribution in [2.75, 3.05) is 0 Å². The van der Waals surface area contributed by atoms with E-state index in [9.17, 15) is 0 Å². The summed E-state index contributed by atoms with van der Waals surface area (Å²) in [5.41, 5.74) is 13.5. The van der Waals surface area contributed by atoms with Gasteiger partial charge in [0.15, 0.2) is 0 Å². The molecule has 0 fully saturated rings. The van der Waals surface area contributed by atoms with Gasteiger partial charge in [-0.3, -0.25) is 0 Å². The fourth-order valence-corrected chi connectivity index (χ4v) is 12.7. The molecule has 0 saturated carbocycles. The lowest BCUT2D eigenvalue weighted by Gasteiger charge is -2.30. The van der Waals surface area contributed by atoms with Gasteiger partial charge in [-0.25, -0.2) is 0 Å². The second-order valence-corrected chi connectivity index (χ2v) is 17.4. The van der Waals surface area contributed by atoms with E-state index in [0.717, 1.165) is 0 Å². The lowest BCUT2D eigenvalue weighted by atomic mass is 9.72. The second-order valence-electron chi connectivity index (χ2n) is 17.4. The molecule has 14 aromatic carbocycles. The highest BCUT2D eigenvalue weighted by Gasteiger charge is 2.32. The molecule has 0 heteroatoms. The molecule has 0 bridgehead atoms. The Morgan fingerprint density at radius 1 is 0.232 bits per heavy atom. The van der Waals surface area contributed by atoms with Gasteiger partial charge >= 0.3 is 0 Å². The molecule has 0 N–H and O–H groups in total. The molecule has 0 aromatic heterocycles. The van der Waals surface area contributed by atoms with Crippen molar-refractivity contribution < 1.29 is 0 Å². The lowest BCUT2D eigenvalue weighted by molar-refractivity contribution is 1.33. The molecule has 14 rings (SSSR count). The molecular weight excluding hydrogens is 673 g/mol. The Bertz CT molecular complexity index is 3710. The molecule has 0 nitrogen and oxygen atoms in total. The summed E-state index contributed by atoms with van der Waals surface area (Å²) in [6, 6.07) is 43.2. The maximum Gasteiger partial charge on any atom is -0.0000253 e. The van der Waals surface area contributed by atoms with Crippen LogP contribution in [0.2, 0.25) is 0 Å². The summed E-state index contributed by atoms with van der Waals surface area (Å²) in [6.07, 6.45) is 0. The summed E-state index contributed by atoms with van der Waals surface area (Å²) >= 11 is 0. The van der Waals surface area contributed by atoms with Gasteiger partial charge in [-0.05, 0) is 205 Å². The second kappa shape index (κ2) is 9.47. The van der Waals surface area contributed by atoms with E-state index >= 15 is 0 Å². The summed E-state index contributed by atoms with van der Waals surface area (Å²) in [6.45, 7) is 13.7. The summed E-state index contributed by atoms with van der Waals surface area (Å²) in [7, 11) is 0. The molecule has 56 heavy (non-hydrogen) atoms. The maximum atomic E-state index is 2.45. The van der Waals surface area contributed by atoms with Crippen LogP contribution in [0, 0.1) is 41.5 Å². The summed E-state index contributed by atoms with van der Waals surface area (Å²) in [5.74, 6) is 0. The molecule has 0 radical (unpaired) electrons. The zero-order valence-electron chi connectivity index (χ0n) is 32.4. The van der Waals surface area contributed by atoms with Crippen molar-refractivity contribution in [3.05, 3.63) is 143 Å². The van der Waals surface area contributed by atoms with E-state index in [-0.39, 0.29) is 0 Å². The van der Waals surface area contributed by atoms with Crippen LogP contribution in [0.4, 0.5) is 0 Å². The normalized spacial score (nSPS) is 13.2. The molecule has 260 valence electrons. The van der Waals surface area contributed by atoms with Crippen molar-refractivity contribution in [2.45, 2.75) is 41.5 Å². The average Bonchev–Trinajstić information content (AvgIpc) is 3.18. The van der Waals surface area contributed by atoms with Crippen LogP contribution in [0.15, 0.2) is 109 Å². The Morgan fingerprint density at radius 2 is 0.518 bits per heavy atom. The highest BCUT2D eigenvalue weighted by atomic mass is 14.3. The van der Waals surface area contributed by atoms with E-state index in [1.807, 2.05) is 0 Å². The number of fused-ring (bicyclic) bond motifs is 2. The number of aryl methyl sites for hydroxylation is 6. The fraction of sp³-hybridized carbons (Fsp3) is 0.107. The van der Waals surface area contributed by atoms with Crippen molar-refractivity contribution in [2.24, 2.45) is 0 Å². The smallest absolute Gasteiger partial charge is 0.0000253 e. The maximum absolute atomic E-state index is 2.45. The van der Waals surface area contributed by atoms with Gasteiger partial charge in [-0.1, -0.05) is 120 Å². The monoisotopic (exact) mass is 708 g/mol. The third-order valence-electron chi connectivity index (χ3n) is 14.3. The molecule has 0 unspecified atom stereocenters. The van der Waals surface area contributed by atoms with Crippen LogP contribution < -0.4 is 0 Å². The van der Waals surface area contributed by atoms with Crippen LogP contribution in [0.1, 0.15) is 33.4 Å². The Balaban J connectivity index is 1.37. The summed E-state index contributed by atoms with van der Waals surface area (Å²) in [5, 5.41) is 30.9. The Morgan fingerprint density at radius 3 is 0.911 bits per heavy atom. The standard InChI is InChI=1S/C56H36/c1-25-21-27(3)41(28(4)22-25)47-37-11-7-9-33-35-17-14-32-16-20-40-48(42-29(5)23-26(2)24-30(42)6)38-12-8-10-34-36-18-13-31-15-19-39(47)51-43(31)49(36)56-54(46(34)38)52(40)44(32)50(35)55(56)53(51)45(33)37/h7-24H,1-6H3. The van der Waals surface area contributed by atoms with Gasteiger partial charge in [-0.15, -0.1) is 0 Å². The van der Waals surface area contributed by atoms with Gasteiger partial charge < -0.3 is 0 Å². The number of hydrogen-bond donors (Lipinski definition) is 0. The van der Waals surface area contributed by atoms with E-state index in [4.69, 9.17) is 0 Å². The number of rotatable bonds is 2. The van der Waals surface area contributed by atoms with Crippen LogP contribution in [0.3, 0.4) is 0 Å². The van der Waals surface area contributed by atoms with Gasteiger partial charge in [0.25, 0.3) is 0 Å². The van der Waals surface area contributed by atoms with Crippen LogP contribution in [-0.4, -0.2) is 0 Å². The zero-order valence-corrected chi connectivity index (χ0v) is 32.4. The topological polar surface area (TPSA) is 0 Å². The minimum Gasteiger partial charge on any atom is -0.0610 e. The Hall–Kier alpha value is -6.50. The summed E-state index contributed by atoms with van der Waals surface area (Å²) in [4.78, 5) is 0. The molecule has 14 aromatic rings. The zero-order chi connectivity index (χ0) is 37.2. The minimum absolute atomic E-state index is 1.32. The molecule has 0 aliphatic heterocycles. The van der Waals surface area contributed by atoms with E-state index in [1.54, 1.807) is 0 Å². The molecule has 0 heterocycles. The van der Waals surface area contributed by atoms with Crippen molar-refractivity contribution in [3.8, 4) is 22.3 Å². The van der Waals surface area contributed by atoms with Gasteiger partial charge in [0, 0.05) is 0 Å². The first-order valence-electron chi connectivity index (χ1n) is 20.2. The number of hydrogen-bond acceptors (Lipinski definition) is 0. The SMILES string of the molecule is Cc1cc(C)c(-c2c3cccc4c5ccc6ccc7c(-c8c(C)cc(C)cc8C)c8cccc9c%10ccc%11ccc2c2c%11c%10c%10c(c89)c7c6c5c%10c2c34)c(C)c1. The van der Waals surface area contributed by atoms with Crippen LogP contribution in [0.5, 0.6) is 0 Å². The average molecular weight is 709 g/mol. The van der Waals surface area contributed by atoms with Crippen LogP contribution >= 0.6 is 0 Å². The molecule has 0 atom stereocenters. The third kappa shape index (κ3) is 3.12.